The minimum Gasteiger partial charge on any atom is -0.365 e. The van der Waals surface area contributed by atoms with Gasteiger partial charge >= 0.3 is 0 Å². The van der Waals surface area contributed by atoms with Gasteiger partial charge in [0.25, 0.3) is 0 Å². The minimum atomic E-state index is -0.323. The Morgan fingerprint density at radius 3 is 2.64 bits per heavy atom. The van der Waals surface area contributed by atoms with E-state index in [4.69, 9.17) is 10.5 Å². The molecular weight excluding hydrogens is 300 g/mol. The molecule has 1 aliphatic carbocycles. The second-order valence-electron chi connectivity index (χ2n) is 6.51. The summed E-state index contributed by atoms with van der Waals surface area (Å²) in [4.78, 5) is 12.4. The SMILES string of the molecule is CCCCC(CN)NC(=O)C(CC)OC1CCCC(C)C1.Cl. The second kappa shape index (κ2) is 12.1. The maximum atomic E-state index is 12.4. The van der Waals surface area contributed by atoms with E-state index >= 15 is 0 Å². The first kappa shape index (κ1) is 21.7. The largest absolute Gasteiger partial charge is 0.365 e. The second-order valence-corrected chi connectivity index (χ2v) is 6.51. The van der Waals surface area contributed by atoms with Crippen molar-refractivity contribution in [2.24, 2.45) is 11.7 Å². The lowest BCUT2D eigenvalue weighted by molar-refractivity contribution is -0.139. The maximum Gasteiger partial charge on any atom is 0.249 e. The van der Waals surface area contributed by atoms with Crippen LogP contribution in [0.25, 0.3) is 0 Å². The van der Waals surface area contributed by atoms with Crippen LogP contribution in [0, 0.1) is 5.92 Å². The van der Waals surface area contributed by atoms with Crippen molar-refractivity contribution in [3.05, 3.63) is 0 Å². The summed E-state index contributed by atoms with van der Waals surface area (Å²) in [5.41, 5.74) is 5.75. The van der Waals surface area contributed by atoms with Crippen LogP contribution in [0.1, 0.15) is 72.1 Å². The molecule has 0 aliphatic heterocycles. The summed E-state index contributed by atoms with van der Waals surface area (Å²) in [6, 6.07) is 0.0837. The van der Waals surface area contributed by atoms with Gasteiger partial charge in [-0.25, -0.2) is 0 Å². The van der Waals surface area contributed by atoms with E-state index in [2.05, 4.69) is 19.2 Å². The lowest BCUT2D eigenvalue weighted by Gasteiger charge is -2.30. The van der Waals surface area contributed by atoms with Gasteiger partial charge in [0, 0.05) is 12.6 Å². The number of rotatable bonds is 9. The summed E-state index contributed by atoms with van der Waals surface area (Å²) in [7, 11) is 0. The lowest BCUT2D eigenvalue weighted by atomic mass is 9.88. The molecule has 1 amide bonds. The monoisotopic (exact) mass is 334 g/mol. The highest BCUT2D eigenvalue weighted by Crippen LogP contribution is 2.27. The molecule has 1 fully saturated rings. The van der Waals surface area contributed by atoms with Gasteiger partial charge in [0.2, 0.25) is 5.91 Å². The average molecular weight is 335 g/mol. The molecule has 0 aromatic rings. The standard InChI is InChI=1S/C17H34N2O2.ClH/c1-4-6-9-14(12-18)19-17(20)16(5-2)21-15-10-7-8-13(3)11-15;/h13-16H,4-12,18H2,1-3H3,(H,19,20);1H. The van der Waals surface area contributed by atoms with E-state index in [1.165, 1.54) is 12.8 Å². The average Bonchev–Trinajstić information content (AvgIpc) is 2.48. The molecule has 1 aliphatic rings. The minimum absolute atomic E-state index is 0. The van der Waals surface area contributed by atoms with Gasteiger partial charge in [-0.05, 0) is 31.6 Å². The number of ether oxygens (including phenoxy) is 1. The van der Waals surface area contributed by atoms with Crippen LogP contribution in [0.3, 0.4) is 0 Å². The summed E-state index contributed by atoms with van der Waals surface area (Å²) in [6.07, 6.45) is 8.50. The molecule has 5 heteroatoms. The number of nitrogens with two attached hydrogens (primary N) is 1. The lowest BCUT2D eigenvalue weighted by Crippen LogP contribution is -2.46. The summed E-state index contributed by atoms with van der Waals surface area (Å²) < 4.78 is 6.07. The first-order chi connectivity index (χ1) is 10.1. The molecular formula is C17H35ClN2O2. The molecule has 0 aromatic carbocycles. The van der Waals surface area contributed by atoms with Crippen molar-refractivity contribution in [2.45, 2.75) is 90.4 Å². The number of carbonyl (C=O) groups is 1. The van der Waals surface area contributed by atoms with Gasteiger partial charge in [0.15, 0.2) is 0 Å². The molecule has 132 valence electrons. The van der Waals surface area contributed by atoms with Crippen LogP contribution >= 0.6 is 12.4 Å². The summed E-state index contributed by atoms with van der Waals surface area (Å²) in [5.74, 6) is 0.730. The van der Waals surface area contributed by atoms with Crippen LogP contribution in [-0.4, -0.2) is 30.7 Å². The Morgan fingerprint density at radius 2 is 2.09 bits per heavy atom. The number of hydrogen-bond donors (Lipinski definition) is 2. The molecule has 0 aromatic heterocycles. The van der Waals surface area contributed by atoms with Crippen LogP contribution in [0.2, 0.25) is 0 Å². The van der Waals surface area contributed by atoms with Crippen LogP contribution in [0.4, 0.5) is 0 Å². The van der Waals surface area contributed by atoms with Crippen molar-refractivity contribution in [2.75, 3.05) is 6.54 Å². The van der Waals surface area contributed by atoms with E-state index in [1.54, 1.807) is 0 Å². The smallest absolute Gasteiger partial charge is 0.249 e. The molecule has 4 unspecified atom stereocenters. The molecule has 1 rings (SSSR count). The third-order valence-electron chi connectivity index (χ3n) is 4.45. The van der Waals surface area contributed by atoms with E-state index in [0.29, 0.717) is 12.5 Å². The fourth-order valence-electron chi connectivity index (χ4n) is 3.07. The zero-order valence-corrected chi connectivity index (χ0v) is 15.3. The Kier molecular flexibility index (Phi) is 12.0. The molecule has 22 heavy (non-hydrogen) atoms. The van der Waals surface area contributed by atoms with E-state index < -0.39 is 0 Å². The Balaban J connectivity index is 0.00000441. The van der Waals surface area contributed by atoms with Gasteiger partial charge in [0.1, 0.15) is 6.10 Å². The zero-order chi connectivity index (χ0) is 15.7. The Bertz CT molecular complexity index is 302. The Labute approximate surface area is 142 Å². The molecule has 1 saturated carbocycles. The van der Waals surface area contributed by atoms with Gasteiger partial charge in [-0.3, -0.25) is 4.79 Å². The Morgan fingerprint density at radius 1 is 1.36 bits per heavy atom. The van der Waals surface area contributed by atoms with Gasteiger partial charge < -0.3 is 15.8 Å². The normalized spacial score (nSPS) is 24.2. The number of unbranched alkanes of at least 4 members (excludes halogenated alkanes) is 1. The van der Waals surface area contributed by atoms with Crippen LogP contribution in [0.15, 0.2) is 0 Å². The van der Waals surface area contributed by atoms with Gasteiger partial charge in [-0.15, -0.1) is 12.4 Å². The zero-order valence-electron chi connectivity index (χ0n) is 14.5. The van der Waals surface area contributed by atoms with Crippen LogP contribution in [0.5, 0.6) is 0 Å². The van der Waals surface area contributed by atoms with E-state index in [-0.39, 0.29) is 36.6 Å². The van der Waals surface area contributed by atoms with Crippen LogP contribution in [-0.2, 0) is 9.53 Å². The van der Waals surface area contributed by atoms with Crippen molar-refractivity contribution in [3.8, 4) is 0 Å². The Hall–Kier alpha value is -0.320. The molecule has 4 atom stereocenters. The van der Waals surface area contributed by atoms with Crippen LogP contribution < -0.4 is 11.1 Å². The van der Waals surface area contributed by atoms with E-state index in [0.717, 1.165) is 38.5 Å². The van der Waals surface area contributed by atoms with E-state index in [9.17, 15) is 4.79 Å². The third-order valence-corrected chi connectivity index (χ3v) is 4.45. The summed E-state index contributed by atoms with van der Waals surface area (Å²) in [5, 5.41) is 3.06. The van der Waals surface area contributed by atoms with Gasteiger partial charge in [-0.2, -0.15) is 0 Å². The molecule has 0 saturated heterocycles. The predicted octanol–water partition coefficient (Wildman–Crippen LogP) is 3.42. The highest BCUT2D eigenvalue weighted by atomic mass is 35.5. The highest BCUT2D eigenvalue weighted by Gasteiger charge is 2.26. The van der Waals surface area contributed by atoms with Gasteiger partial charge in [-0.1, -0.05) is 46.5 Å². The van der Waals surface area contributed by atoms with Gasteiger partial charge in [0.05, 0.1) is 6.10 Å². The quantitative estimate of drug-likeness (QED) is 0.679. The van der Waals surface area contributed by atoms with E-state index in [1.807, 2.05) is 6.92 Å². The molecule has 0 spiro atoms. The highest BCUT2D eigenvalue weighted by molar-refractivity contribution is 5.85. The molecule has 0 heterocycles. The van der Waals surface area contributed by atoms with Crippen molar-refractivity contribution >= 4 is 18.3 Å². The summed E-state index contributed by atoms with van der Waals surface area (Å²) >= 11 is 0. The van der Waals surface area contributed by atoms with Crippen molar-refractivity contribution in [1.29, 1.82) is 0 Å². The molecule has 3 N–H and O–H groups in total. The number of halogens is 1. The topological polar surface area (TPSA) is 64.3 Å². The fraction of sp³-hybridized carbons (Fsp3) is 0.941. The van der Waals surface area contributed by atoms with Crippen molar-refractivity contribution in [1.82, 2.24) is 5.32 Å². The first-order valence-electron chi connectivity index (χ1n) is 8.76. The van der Waals surface area contributed by atoms with Crippen molar-refractivity contribution in [3.63, 3.8) is 0 Å². The fourth-order valence-corrected chi connectivity index (χ4v) is 3.07. The van der Waals surface area contributed by atoms with Crippen molar-refractivity contribution < 1.29 is 9.53 Å². The molecule has 4 nitrogen and oxygen atoms in total. The molecule has 0 radical (unpaired) electrons. The first-order valence-corrected chi connectivity index (χ1v) is 8.76. The molecule has 0 bridgehead atoms. The number of hydrogen-bond acceptors (Lipinski definition) is 3. The summed E-state index contributed by atoms with van der Waals surface area (Å²) in [6.45, 7) is 6.94. The number of amides is 1. The number of carbonyl (C=O) groups excluding carboxylic acids is 1. The third kappa shape index (κ3) is 7.80. The predicted molar refractivity (Wildman–Crippen MR) is 94.3 cm³/mol. The maximum absolute atomic E-state index is 12.4. The number of nitrogens with one attached hydrogen (secondary N) is 1.